The van der Waals surface area contributed by atoms with Crippen LogP contribution in [0.25, 0.3) is 0 Å². The molecule has 0 saturated carbocycles. The monoisotopic (exact) mass is 577 g/mol. The summed E-state index contributed by atoms with van der Waals surface area (Å²) in [6.45, 7) is 16.6. The second kappa shape index (κ2) is 13.8. The van der Waals surface area contributed by atoms with Crippen molar-refractivity contribution in [3.05, 3.63) is 59.8 Å². The molecule has 2 fully saturated rings. The maximum absolute atomic E-state index is 5.05. The lowest BCUT2D eigenvalue weighted by atomic mass is 10.1. The van der Waals surface area contributed by atoms with E-state index in [1.54, 1.807) is 0 Å². The molecule has 2 aliphatic rings. The molecule has 1 N–H and O–H groups in total. The summed E-state index contributed by atoms with van der Waals surface area (Å²) < 4.78 is 0. The Kier molecular flexibility index (Phi) is 10.9. The molecule has 0 bridgehead atoms. The predicted molar refractivity (Wildman–Crippen MR) is 152 cm³/mol. The zero-order valence-electron chi connectivity index (χ0n) is 20.7. The predicted octanol–water partition coefficient (Wildman–Crippen LogP) is 3.12. The molecule has 34 heavy (non-hydrogen) atoms. The van der Waals surface area contributed by atoms with Gasteiger partial charge < -0.3 is 20.0 Å². The van der Waals surface area contributed by atoms with Crippen molar-refractivity contribution in [2.45, 2.75) is 26.9 Å². The van der Waals surface area contributed by atoms with Crippen molar-refractivity contribution in [1.29, 1.82) is 0 Å². The average Bonchev–Trinajstić information content (AvgIpc) is 2.88. The first-order valence-corrected chi connectivity index (χ1v) is 12.5. The van der Waals surface area contributed by atoms with Gasteiger partial charge in [-0.3, -0.25) is 4.90 Å². The number of benzene rings is 1. The summed E-state index contributed by atoms with van der Waals surface area (Å²) in [4.78, 5) is 19.4. The Balaban J connectivity index is 0.00000324. The van der Waals surface area contributed by atoms with Gasteiger partial charge in [0, 0.05) is 71.6 Å². The Bertz CT molecular complexity index is 876. The summed E-state index contributed by atoms with van der Waals surface area (Å²) in [7, 11) is 0. The average molecular weight is 578 g/mol. The molecule has 0 amide bonds. The van der Waals surface area contributed by atoms with Gasteiger partial charge in [-0.15, -0.1) is 24.0 Å². The summed E-state index contributed by atoms with van der Waals surface area (Å²) in [5, 5.41) is 3.52. The molecular formula is C26H40IN7. The number of aliphatic imine (C=N–C) groups is 1. The van der Waals surface area contributed by atoms with Crippen molar-refractivity contribution in [2.24, 2.45) is 4.99 Å². The summed E-state index contributed by atoms with van der Waals surface area (Å²) in [6.07, 6.45) is 1.87. The third-order valence-corrected chi connectivity index (χ3v) is 6.71. The Morgan fingerprint density at radius 1 is 0.853 bits per heavy atom. The van der Waals surface area contributed by atoms with Crippen LogP contribution in [0.5, 0.6) is 0 Å². The number of anilines is 1. The minimum absolute atomic E-state index is 0. The van der Waals surface area contributed by atoms with Gasteiger partial charge in [0.2, 0.25) is 0 Å². The smallest absolute Gasteiger partial charge is 0.194 e. The van der Waals surface area contributed by atoms with Gasteiger partial charge in [-0.1, -0.05) is 37.3 Å². The minimum Gasteiger partial charge on any atom is -0.357 e. The second-order valence-electron chi connectivity index (χ2n) is 8.81. The van der Waals surface area contributed by atoms with Crippen LogP contribution < -0.4 is 10.2 Å². The van der Waals surface area contributed by atoms with E-state index in [0.29, 0.717) is 6.54 Å². The van der Waals surface area contributed by atoms with E-state index in [0.717, 1.165) is 70.7 Å². The molecule has 0 atom stereocenters. The highest BCUT2D eigenvalue weighted by atomic mass is 127. The van der Waals surface area contributed by atoms with Gasteiger partial charge in [-0.2, -0.15) is 0 Å². The summed E-state index contributed by atoms with van der Waals surface area (Å²) >= 11 is 0. The first-order chi connectivity index (χ1) is 16.3. The van der Waals surface area contributed by atoms with E-state index in [4.69, 9.17) is 4.99 Å². The number of guanidine groups is 1. The van der Waals surface area contributed by atoms with Gasteiger partial charge in [-0.05, 0) is 36.7 Å². The van der Waals surface area contributed by atoms with Crippen molar-refractivity contribution >= 4 is 35.8 Å². The van der Waals surface area contributed by atoms with E-state index >= 15 is 0 Å². The standard InChI is InChI=1S/C26H39N7.HI/c1-3-27-26(33-19-17-32(18-20-33)25-11-7-8-12-28-25)29-21-23-9-5-6-10-24(23)22-31-15-13-30(4-2)14-16-31;/h5-12H,3-4,13-22H2,1-2H3,(H,27,29);1H. The lowest BCUT2D eigenvalue weighted by Crippen LogP contribution is -2.52. The van der Waals surface area contributed by atoms with Crippen molar-refractivity contribution in [3.63, 3.8) is 0 Å². The zero-order chi connectivity index (χ0) is 22.9. The number of nitrogens with one attached hydrogen (secondary N) is 1. The molecule has 1 aromatic carbocycles. The van der Waals surface area contributed by atoms with Crippen LogP contribution >= 0.6 is 24.0 Å². The fourth-order valence-corrected chi connectivity index (χ4v) is 4.64. The molecule has 2 aromatic rings. The molecule has 186 valence electrons. The van der Waals surface area contributed by atoms with Gasteiger partial charge in [0.15, 0.2) is 5.96 Å². The van der Waals surface area contributed by atoms with Crippen LogP contribution in [0.4, 0.5) is 5.82 Å². The van der Waals surface area contributed by atoms with Crippen molar-refractivity contribution in [1.82, 2.24) is 25.0 Å². The zero-order valence-corrected chi connectivity index (χ0v) is 23.0. The molecule has 4 rings (SSSR count). The number of rotatable bonds is 7. The van der Waals surface area contributed by atoms with Crippen molar-refractivity contribution in [2.75, 3.05) is 70.3 Å². The van der Waals surface area contributed by atoms with Gasteiger partial charge in [-0.25, -0.2) is 9.98 Å². The molecule has 2 saturated heterocycles. The topological polar surface area (TPSA) is 50.2 Å². The minimum atomic E-state index is 0. The van der Waals surface area contributed by atoms with Crippen LogP contribution in [0.2, 0.25) is 0 Å². The number of halogens is 1. The molecule has 0 spiro atoms. The number of nitrogens with zero attached hydrogens (tertiary/aromatic N) is 6. The Labute approximate surface area is 222 Å². The molecule has 2 aliphatic heterocycles. The Hall–Kier alpha value is -1.91. The van der Waals surface area contributed by atoms with E-state index in [1.807, 2.05) is 12.3 Å². The number of hydrogen-bond donors (Lipinski definition) is 1. The molecule has 7 nitrogen and oxygen atoms in total. The highest BCUT2D eigenvalue weighted by Crippen LogP contribution is 2.16. The largest absolute Gasteiger partial charge is 0.357 e. The number of hydrogen-bond acceptors (Lipinski definition) is 5. The fourth-order valence-electron chi connectivity index (χ4n) is 4.64. The maximum atomic E-state index is 5.05. The quantitative estimate of drug-likeness (QED) is 0.310. The van der Waals surface area contributed by atoms with Crippen LogP contribution in [0, 0.1) is 0 Å². The first kappa shape index (κ1) is 26.7. The van der Waals surface area contributed by atoms with E-state index in [2.05, 4.69) is 80.1 Å². The Morgan fingerprint density at radius 2 is 1.53 bits per heavy atom. The highest BCUT2D eigenvalue weighted by Gasteiger charge is 2.21. The molecule has 1 aromatic heterocycles. The molecule has 0 aliphatic carbocycles. The summed E-state index contributed by atoms with van der Waals surface area (Å²) in [6, 6.07) is 14.9. The fraction of sp³-hybridized carbons (Fsp3) is 0.538. The summed E-state index contributed by atoms with van der Waals surface area (Å²) in [5.74, 6) is 2.08. The van der Waals surface area contributed by atoms with Crippen molar-refractivity contribution < 1.29 is 0 Å². The molecule has 3 heterocycles. The van der Waals surface area contributed by atoms with E-state index < -0.39 is 0 Å². The highest BCUT2D eigenvalue weighted by molar-refractivity contribution is 14.0. The van der Waals surface area contributed by atoms with Crippen LogP contribution in [-0.2, 0) is 13.1 Å². The third-order valence-electron chi connectivity index (χ3n) is 6.71. The van der Waals surface area contributed by atoms with Gasteiger partial charge in [0.1, 0.15) is 5.82 Å². The third kappa shape index (κ3) is 7.29. The Morgan fingerprint density at radius 3 is 2.18 bits per heavy atom. The number of piperazine rings is 2. The second-order valence-corrected chi connectivity index (χ2v) is 8.81. The lowest BCUT2D eigenvalue weighted by Gasteiger charge is -2.37. The van der Waals surface area contributed by atoms with Crippen LogP contribution in [0.1, 0.15) is 25.0 Å². The van der Waals surface area contributed by atoms with Gasteiger partial charge >= 0.3 is 0 Å². The molecule has 8 heteroatoms. The van der Waals surface area contributed by atoms with E-state index in [-0.39, 0.29) is 24.0 Å². The maximum Gasteiger partial charge on any atom is 0.194 e. The van der Waals surface area contributed by atoms with Crippen LogP contribution in [0.15, 0.2) is 53.7 Å². The SMILES string of the molecule is CCNC(=NCc1ccccc1CN1CCN(CC)CC1)N1CCN(c2ccccn2)CC1.I. The molecular weight excluding hydrogens is 537 g/mol. The molecule has 0 radical (unpaired) electrons. The van der Waals surface area contributed by atoms with Crippen LogP contribution in [0.3, 0.4) is 0 Å². The first-order valence-electron chi connectivity index (χ1n) is 12.5. The molecule has 0 unspecified atom stereocenters. The number of pyridine rings is 1. The van der Waals surface area contributed by atoms with E-state index in [9.17, 15) is 0 Å². The van der Waals surface area contributed by atoms with E-state index in [1.165, 1.54) is 24.2 Å². The van der Waals surface area contributed by atoms with Gasteiger partial charge in [0.25, 0.3) is 0 Å². The summed E-state index contributed by atoms with van der Waals surface area (Å²) in [5.41, 5.74) is 2.74. The number of likely N-dealkylation sites (N-methyl/N-ethyl adjacent to an activating group) is 1. The van der Waals surface area contributed by atoms with Gasteiger partial charge in [0.05, 0.1) is 6.54 Å². The normalized spacial score (nSPS) is 18.0. The lowest BCUT2D eigenvalue weighted by molar-refractivity contribution is 0.131. The van der Waals surface area contributed by atoms with Crippen LogP contribution in [-0.4, -0.2) is 91.1 Å². The number of aromatic nitrogens is 1. The van der Waals surface area contributed by atoms with Crippen molar-refractivity contribution in [3.8, 4) is 0 Å².